The van der Waals surface area contributed by atoms with Crippen LogP contribution in [0.2, 0.25) is 0 Å². The van der Waals surface area contributed by atoms with Gasteiger partial charge in [-0.05, 0) is 31.9 Å². The maximum atomic E-state index is 14.8. The quantitative estimate of drug-likeness (QED) is 0.660. The fourth-order valence-electron chi connectivity index (χ4n) is 3.40. The lowest BCUT2D eigenvalue weighted by Gasteiger charge is -2.36. The van der Waals surface area contributed by atoms with E-state index < -0.39 is 17.8 Å². The van der Waals surface area contributed by atoms with Gasteiger partial charge in [-0.25, -0.2) is 4.39 Å². The summed E-state index contributed by atoms with van der Waals surface area (Å²) < 4.78 is 14.8. The number of aromatic amines is 1. The molecule has 2 atom stereocenters. The molecule has 0 saturated carbocycles. The average Bonchev–Trinajstić information content (AvgIpc) is 2.73. The summed E-state index contributed by atoms with van der Waals surface area (Å²) in [6, 6.07) is 0.923. The Morgan fingerprint density at radius 1 is 1.43 bits per heavy atom. The smallest absolute Gasteiger partial charge is 0.250 e. The highest BCUT2D eigenvalue weighted by atomic mass is 19.1. The first-order valence-electron chi connectivity index (χ1n) is 7.59. The van der Waals surface area contributed by atoms with Gasteiger partial charge in [-0.2, -0.15) is 0 Å². The molecule has 2 heterocycles. The zero-order valence-corrected chi connectivity index (χ0v) is 13.2. The lowest BCUT2D eigenvalue weighted by Crippen LogP contribution is -2.49. The molecule has 6 nitrogen and oxygen atoms in total. The Balaban J connectivity index is 2.26. The molecule has 0 radical (unpaired) electrons. The number of carbonyl (C=O) groups excluding carboxylic acids is 1. The second kappa shape index (κ2) is 5.50. The fourth-order valence-corrected chi connectivity index (χ4v) is 3.40. The van der Waals surface area contributed by atoms with E-state index in [9.17, 15) is 14.3 Å². The molecule has 1 aromatic carbocycles. The molecule has 1 saturated heterocycles. The number of nitrogens with two attached hydrogens (primary N) is 2. The van der Waals surface area contributed by atoms with Gasteiger partial charge >= 0.3 is 0 Å². The van der Waals surface area contributed by atoms with Crippen LogP contribution in [0.1, 0.15) is 28.0 Å². The number of nitrogens with zero attached hydrogens (tertiary/aromatic N) is 1. The van der Waals surface area contributed by atoms with Crippen molar-refractivity contribution in [1.82, 2.24) is 4.98 Å². The van der Waals surface area contributed by atoms with Crippen LogP contribution in [0.25, 0.3) is 10.9 Å². The first-order chi connectivity index (χ1) is 10.8. The Labute approximate surface area is 133 Å². The second-order valence-corrected chi connectivity index (χ2v) is 6.30. The van der Waals surface area contributed by atoms with Crippen LogP contribution in [0.3, 0.4) is 0 Å². The van der Waals surface area contributed by atoms with Gasteiger partial charge in [0.25, 0.3) is 5.91 Å². The number of piperidine rings is 1. The van der Waals surface area contributed by atoms with E-state index in [1.807, 2.05) is 13.8 Å². The van der Waals surface area contributed by atoms with Crippen molar-refractivity contribution < 1.29 is 14.3 Å². The predicted octanol–water partition coefficient (Wildman–Crippen LogP) is 0.921. The highest BCUT2D eigenvalue weighted by molar-refractivity contribution is 6.10. The Morgan fingerprint density at radius 3 is 2.74 bits per heavy atom. The molecule has 0 bridgehead atoms. The fraction of sp³-hybridized carbons (Fsp3) is 0.438. The standard InChI is InChI=1S/C16H21FN4O2/c1-7-8(2)20-14-11(16(19)23)4-12(17)15(13(7)14)21-5-9(18)3-10(22)6-21/h4,9-10,20,22H,3,5-6,18H2,1-2H3,(H2,19,23)/t9-,10-/m0/s1. The van der Waals surface area contributed by atoms with E-state index in [0.29, 0.717) is 36.1 Å². The van der Waals surface area contributed by atoms with Gasteiger partial charge in [-0.1, -0.05) is 0 Å². The third kappa shape index (κ3) is 2.55. The Hall–Kier alpha value is -2.12. The molecule has 0 aliphatic carbocycles. The van der Waals surface area contributed by atoms with Gasteiger partial charge in [-0.15, -0.1) is 0 Å². The van der Waals surface area contributed by atoms with Gasteiger partial charge < -0.3 is 26.5 Å². The molecule has 1 aliphatic rings. The Kier molecular flexibility index (Phi) is 3.77. The number of aliphatic hydroxyl groups excluding tert-OH is 1. The topological polar surface area (TPSA) is 108 Å². The van der Waals surface area contributed by atoms with E-state index in [1.54, 1.807) is 4.90 Å². The number of anilines is 1. The first kappa shape index (κ1) is 15.8. The molecule has 7 heteroatoms. The van der Waals surface area contributed by atoms with Crippen molar-refractivity contribution in [2.45, 2.75) is 32.4 Å². The van der Waals surface area contributed by atoms with Crippen molar-refractivity contribution in [2.75, 3.05) is 18.0 Å². The Bertz CT molecular complexity index is 776. The number of hydrogen-bond donors (Lipinski definition) is 4. The summed E-state index contributed by atoms with van der Waals surface area (Å²) >= 11 is 0. The lowest BCUT2D eigenvalue weighted by molar-refractivity contribution is 0.100. The summed E-state index contributed by atoms with van der Waals surface area (Å²) in [4.78, 5) is 16.5. The largest absolute Gasteiger partial charge is 0.391 e. The molecule has 0 unspecified atom stereocenters. The molecule has 23 heavy (non-hydrogen) atoms. The third-order valence-electron chi connectivity index (χ3n) is 4.55. The number of hydrogen-bond acceptors (Lipinski definition) is 4. The minimum absolute atomic E-state index is 0.124. The number of aromatic nitrogens is 1. The lowest BCUT2D eigenvalue weighted by atomic mass is 9.99. The van der Waals surface area contributed by atoms with Crippen molar-refractivity contribution in [3.63, 3.8) is 0 Å². The van der Waals surface area contributed by atoms with Crippen LogP contribution >= 0.6 is 0 Å². The molecule has 1 amide bonds. The zero-order chi connectivity index (χ0) is 16.9. The van der Waals surface area contributed by atoms with Crippen LogP contribution in [0.5, 0.6) is 0 Å². The summed E-state index contributed by atoms with van der Waals surface area (Å²) in [6.07, 6.45) is -0.115. The van der Waals surface area contributed by atoms with Crippen molar-refractivity contribution in [3.8, 4) is 0 Å². The van der Waals surface area contributed by atoms with E-state index >= 15 is 0 Å². The number of aliphatic hydroxyl groups is 1. The van der Waals surface area contributed by atoms with Gasteiger partial charge in [-0.3, -0.25) is 4.79 Å². The van der Waals surface area contributed by atoms with Crippen LogP contribution in [-0.2, 0) is 0 Å². The van der Waals surface area contributed by atoms with E-state index in [2.05, 4.69) is 4.98 Å². The van der Waals surface area contributed by atoms with Crippen molar-refractivity contribution in [2.24, 2.45) is 11.5 Å². The van der Waals surface area contributed by atoms with E-state index in [0.717, 1.165) is 17.3 Å². The number of rotatable bonds is 2. The number of primary amides is 1. The predicted molar refractivity (Wildman–Crippen MR) is 87.1 cm³/mol. The molecule has 3 rings (SSSR count). The average molecular weight is 320 g/mol. The van der Waals surface area contributed by atoms with Gasteiger partial charge in [0.15, 0.2) is 0 Å². The van der Waals surface area contributed by atoms with Crippen LogP contribution in [0.15, 0.2) is 6.07 Å². The number of nitrogens with one attached hydrogen (secondary N) is 1. The molecule has 1 aliphatic heterocycles. The number of carbonyl (C=O) groups is 1. The SMILES string of the molecule is Cc1[nH]c2c(C(N)=O)cc(F)c(N3C[C@@H](N)C[C@H](O)C3)c2c1C. The number of halogens is 1. The minimum Gasteiger partial charge on any atom is -0.391 e. The minimum atomic E-state index is -0.683. The van der Waals surface area contributed by atoms with Crippen LogP contribution in [-0.4, -0.2) is 41.2 Å². The van der Waals surface area contributed by atoms with Crippen molar-refractivity contribution >= 4 is 22.5 Å². The van der Waals surface area contributed by atoms with Gasteiger partial charge in [0.05, 0.1) is 22.9 Å². The van der Waals surface area contributed by atoms with Crippen molar-refractivity contribution in [3.05, 3.63) is 28.7 Å². The van der Waals surface area contributed by atoms with E-state index in [4.69, 9.17) is 11.5 Å². The molecular formula is C16H21FN4O2. The normalized spacial score (nSPS) is 21.9. The number of fused-ring (bicyclic) bond motifs is 1. The molecule has 1 aromatic heterocycles. The first-order valence-corrected chi connectivity index (χ1v) is 7.59. The zero-order valence-electron chi connectivity index (χ0n) is 13.2. The molecule has 1 fully saturated rings. The summed E-state index contributed by atoms with van der Waals surface area (Å²) in [5, 5.41) is 10.6. The van der Waals surface area contributed by atoms with E-state index in [1.165, 1.54) is 0 Å². The number of amides is 1. The third-order valence-corrected chi connectivity index (χ3v) is 4.55. The summed E-state index contributed by atoms with van der Waals surface area (Å²) in [6.45, 7) is 4.47. The highest BCUT2D eigenvalue weighted by Crippen LogP contribution is 2.37. The number of β-amino-alcohol motifs (C(OH)–C–C–N with tert-alkyl or cyclic N) is 1. The van der Waals surface area contributed by atoms with E-state index in [-0.39, 0.29) is 11.6 Å². The summed E-state index contributed by atoms with van der Waals surface area (Å²) in [5.41, 5.74) is 14.1. The molecule has 0 spiro atoms. The maximum absolute atomic E-state index is 14.8. The van der Waals surface area contributed by atoms with Gasteiger partial charge in [0, 0.05) is 30.2 Å². The molecule has 2 aromatic rings. The van der Waals surface area contributed by atoms with Crippen LogP contribution in [0.4, 0.5) is 10.1 Å². The van der Waals surface area contributed by atoms with Crippen molar-refractivity contribution in [1.29, 1.82) is 0 Å². The Morgan fingerprint density at radius 2 is 2.13 bits per heavy atom. The molecular weight excluding hydrogens is 299 g/mol. The maximum Gasteiger partial charge on any atom is 0.250 e. The highest BCUT2D eigenvalue weighted by Gasteiger charge is 2.29. The summed E-state index contributed by atoms with van der Waals surface area (Å²) in [5.74, 6) is -1.22. The number of benzene rings is 1. The molecule has 124 valence electrons. The second-order valence-electron chi connectivity index (χ2n) is 6.30. The van der Waals surface area contributed by atoms with Crippen LogP contribution in [0, 0.1) is 19.7 Å². The summed E-state index contributed by atoms with van der Waals surface area (Å²) in [7, 11) is 0. The molecule has 6 N–H and O–H groups in total. The number of H-pyrrole nitrogens is 1. The van der Waals surface area contributed by atoms with Crippen LogP contribution < -0.4 is 16.4 Å². The monoisotopic (exact) mass is 320 g/mol. The van der Waals surface area contributed by atoms with Gasteiger partial charge in [0.2, 0.25) is 0 Å². The van der Waals surface area contributed by atoms with Gasteiger partial charge in [0.1, 0.15) is 5.82 Å². The number of aryl methyl sites for hydroxylation is 2.